The number of methoxy groups -OCH3 is 1. The number of benzene rings is 2. The van der Waals surface area contributed by atoms with Crippen LogP contribution in [0.15, 0.2) is 70.9 Å². The van der Waals surface area contributed by atoms with Gasteiger partial charge >= 0.3 is 5.16 Å². The Labute approximate surface area is 175 Å². The van der Waals surface area contributed by atoms with E-state index < -0.39 is 11.2 Å². The van der Waals surface area contributed by atoms with Crippen molar-refractivity contribution in [2.24, 2.45) is 5.10 Å². The molecule has 0 fully saturated rings. The maximum absolute atomic E-state index is 13.1. The highest BCUT2D eigenvalue weighted by Crippen LogP contribution is 2.29. The number of H-pyrrole nitrogens is 1. The second kappa shape index (κ2) is 7.43. The Kier molecular flexibility index (Phi) is 4.61. The summed E-state index contributed by atoms with van der Waals surface area (Å²) in [5.74, 6) is 1.21. The summed E-state index contributed by atoms with van der Waals surface area (Å²) in [6.07, 6.45) is 0. The van der Waals surface area contributed by atoms with E-state index in [1.807, 2.05) is 67.6 Å². The zero-order chi connectivity index (χ0) is 20.7. The number of nitrogens with zero attached hydrogens (tertiary/aromatic N) is 5. The highest BCUT2D eigenvalue weighted by atomic mass is 32.2. The molecule has 0 saturated heterocycles. The molecule has 2 aromatic carbocycles. The lowest BCUT2D eigenvalue weighted by Crippen LogP contribution is -2.34. The predicted molar refractivity (Wildman–Crippen MR) is 114 cm³/mol. The monoisotopic (exact) mass is 418 g/mol. The first-order valence-electron chi connectivity index (χ1n) is 9.36. The van der Waals surface area contributed by atoms with Gasteiger partial charge in [0, 0.05) is 22.3 Å². The Morgan fingerprint density at radius 1 is 1.03 bits per heavy atom. The van der Waals surface area contributed by atoms with E-state index in [4.69, 9.17) is 9.84 Å². The molecule has 0 bridgehead atoms. The molecule has 2 atom stereocenters. The summed E-state index contributed by atoms with van der Waals surface area (Å²) < 4.78 is 19.8. The Morgan fingerprint density at radius 2 is 1.80 bits per heavy atom. The van der Waals surface area contributed by atoms with Crippen LogP contribution in [0.2, 0.25) is 0 Å². The van der Waals surface area contributed by atoms with Crippen LogP contribution in [0.5, 0.6) is 5.75 Å². The van der Waals surface area contributed by atoms with Gasteiger partial charge in [-0.2, -0.15) is 10.2 Å². The van der Waals surface area contributed by atoms with Gasteiger partial charge in [0.2, 0.25) is 5.82 Å². The standard InChI is InChI=1S/C21H18N6O2S/c1-13-19(15-8-10-16(29-2)11-9-15)26-27-20(24-25-21(27)30(13)28)18-12-17(22-23-18)14-6-4-3-5-7-14/h3-13H,1-2H3,(H,22,23). The van der Waals surface area contributed by atoms with Gasteiger partial charge in [0.15, 0.2) is 5.25 Å². The molecule has 9 heteroatoms. The molecule has 8 nitrogen and oxygen atoms in total. The van der Waals surface area contributed by atoms with Gasteiger partial charge in [-0.1, -0.05) is 35.4 Å². The normalized spacial score (nSPS) is 18.0. The summed E-state index contributed by atoms with van der Waals surface area (Å²) in [5, 5.41) is 20.5. The van der Waals surface area contributed by atoms with E-state index in [0.29, 0.717) is 22.4 Å². The molecular weight excluding hydrogens is 400 g/mol. The van der Waals surface area contributed by atoms with Crippen LogP contribution >= 0.6 is 0 Å². The van der Waals surface area contributed by atoms with Crippen LogP contribution in [-0.2, 0) is 11.2 Å². The minimum absolute atomic E-state index is 0.315. The molecule has 1 aliphatic rings. The summed E-state index contributed by atoms with van der Waals surface area (Å²) >= 11 is -1.39. The number of ether oxygens (including phenoxy) is 1. The average Bonchev–Trinajstić information content (AvgIpc) is 3.44. The van der Waals surface area contributed by atoms with Crippen LogP contribution in [0.1, 0.15) is 12.5 Å². The van der Waals surface area contributed by atoms with E-state index in [-0.39, 0.29) is 5.25 Å². The molecule has 1 aliphatic heterocycles. The fourth-order valence-electron chi connectivity index (χ4n) is 3.34. The van der Waals surface area contributed by atoms with Crippen molar-refractivity contribution in [2.75, 3.05) is 7.11 Å². The van der Waals surface area contributed by atoms with Crippen molar-refractivity contribution in [1.29, 1.82) is 0 Å². The molecular formula is C21H18N6O2S. The first-order chi connectivity index (χ1) is 14.7. The van der Waals surface area contributed by atoms with Crippen LogP contribution in [0.25, 0.3) is 22.8 Å². The smallest absolute Gasteiger partial charge is 0.365 e. The van der Waals surface area contributed by atoms with E-state index in [0.717, 1.165) is 22.6 Å². The van der Waals surface area contributed by atoms with Crippen molar-refractivity contribution < 1.29 is 9.29 Å². The van der Waals surface area contributed by atoms with Crippen LogP contribution in [0.4, 0.5) is 0 Å². The molecule has 1 N–H and O–H groups in total. The third kappa shape index (κ3) is 3.08. The third-order valence-corrected chi connectivity index (χ3v) is 6.46. The third-order valence-electron chi connectivity index (χ3n) is 4.98. The van der Waals surface area contributed by atoms with Crippen LogP contribution in [0.3, 0.4) is 0 Å². The Hall–Kier alpha value is -3.43. The van der Waals surface area contributed by atoms with E-state index in [1.165, 1.54) is 4.68 Å². The molecule has 2 aromatic heterocycles. The number of hydrogen-bond donors (Lipinski definition) is 1. The molecule has 150 valence electrons. The molecule has 3 heterocycles. The lowest BCUT2D eigenvalue weighted by Gasteiger charge is -2.22. The average molecular weight is 418 g/mol. The zero-order valence-electron chi connectivity index (χ0n) is 16.3. The van der Waals surface area contributed by atoms with Crippen molar-refractivity contribution in [3.63, 3.8) is 0 Å². The second-order valence-corrected chi connectivity index (χ2v) is 8.47. The molecule has 0 amide bonds. The molecule has 4 aromatic rings. The molecule has 2 unspecified atom stereocenters. The van der Waals surface area contributed by atoms with Gasteiger partial charge < -0.3 is 9.29 Å². The summed E-state index contributed by atoms with van der Waals surface area (Å²) in [7, 11) is 1.62. The number of nitrogens with one attached hydrogen (secondary N) is 1. The van der Waals surface area contributed by atoms with Gasteiger partial charge in [-0.15, -0.1) is 9.77 Å². The van der Waals surface area contributed by atoms with Gasteiger partial charge in [0.1, 0.15) is 17.2 Å². The quantitative estimate of drug-likeness (QED) is 0.513. The predicted octanol–water partition coefficient (Wildman–Crippen LogP) is 3.11. The molecule has 0 spiro atoms. The van der Waals surface area contributed by atoms with Gasteiger partial charge in [-0.3, -0.25) is 5.10 Å². The van der Waals surface area contributed by atoms with Gasteiger partial charge in [0.25, 0.3) is 0 Å². The number of fused-ring (bicyclic) bond motifs is 1. The molecule has 0 aliphatic carbocycles. The minimum atomic E-state index is -1.39. The van der Waals surface area contributed by atoms with Gasteiger partial charge in [-0.25, -0.2) is 0 Å². The Morgan fingerprint density at radius 3 is 2.53 bits per heavy atom. The lowest BCUT2D eigenvalue weighted by molar-refractivity contribution is 0.415. The number of rotatable bonds is 4. The number of hydrogen-bond acceptors (Lipinski definition) is 6. The van der Waals surface area contributed by atoms with Crippen molar-refractivity contribution >= 4 is 16.9 Å². The van der Waals surface area contributed by atoms with Gasteiger partial charge in [-0.05, 0) is 37.3 Å². The maximum Gasteiger partial charge on any atom is 0.365 e. The summed E-state index contributed by atoms with van der Waals surface area (Å²) in [6, 6.07) is 19.2. The highest BCUT2D eigenvalue weighted by Gasteiger charge is 2.38. The van der Waals surface area contributed by atoms with Crippen LogP contribution < -0.4 is 4.74 Å². The fraction of sp³-hybridized carbons (Fsp3) is 0.143. The summed E-state index contributed by atoms with van der Waals surface area (Å²) in [4.78, 5) is 0. The molecule has 5 rings (SSSR count). The van der Waals surface area contributed by atoms with E-state index in [9.17, 15) is 4.55 Å². The summed E-state index contributed by atoms with van der Waals surface area (Å²) in [6.45, 7) is 1.88. The molecule has 0 saturated carbocycles. The SMILES string of the molecule is COc1ccc(C2=Nn3c(-c4cc(-c5ccccc5)n[nH]4)nnc3[S+]([O-])C2C)cc1. The van der Waals surface area contributed by atoms with E-state index in [1.54, 1.807) is 7.11 Å². The van der Waals surface area contributed by atoms with Crippen molar-refractivity contribution in [2.45, 2.75) is 17.3 Å². The Balaban J connectivity index is 1.57. The zero-order valence-corrected chi connectivity index (χ0v) is 17.1. The second-order valence-electron chi connectivity index (χ2n) is 6.80. The largest absolute Gasteiger partial charge is 0.608 e. The summed E-state index contributed by atoms with van der Waals surface area (Å²) in [5.41, 5.74) is 3.99. The topological polar surface area (TPSA) is 104 Å². The Bertz CT molecular complexity index is 1220. The first kappa shape index (κ1) is 18.6. The number of aromatic nitrogens is 5. The number of aromatic amines is 1. The molecule has 30 heavy (non-hydrogen) atoms. The van der Waals surface area contributed by atoms with Gasteiger partial charge in [0.05, 0.1) is 12.8 Å². The maximum atomic E-state index is 13.1. The van der Waals surface area contributed by atoms with Crippen molar-refractivity contribution in [1.82, 2.24) is 25.1 Å². The highest BCUT2D eigenvalue weighted by molar-refractivity contribution is 7.92. The lowest BCUT2D eigenvalue weighted by atomic mass is 10.1. The van der Waals surface area contributed by atoms with Crippen LogP contribution in [-0.4, -0.2) is 47.7 Å². The van der Waals surface area contributed by atoms with Crippen molar-refractivity contribution in [3.05, 3.63) is 66.2 Å². The van der Waals surface area contributed by atoms with E-state index >= 15 is 0 Å². The fourth-order valence-corrected chi connectivity index (χ4v) is 4.47. The van der Waals surface area contributed by atoms with E-state index in [2.05, 4.69) is 20.4 Å². The first-order valence-corrected chi connectivity index (χ1v) is 10.6. The van der Waals surface area contributed by atoms with Crippen LogP contribution in [0, 0.1) is 0 Å². The minimum Gasteiger partial charge on any atom is -0.608 e. The molecule has 0 radical (unpaired) electrons. The van der Waals surface area contributed by atoms with Crippen molar-refractivity contribution in [3.8, 4) is 28.5 Å².